The Morgan fingerprint density at radius 1 is 1.03 bits per heavy atom. The third kappa shape index (κ3) is 5.65. The largest absolute Gasteiger partial charge is 0.495 e. The second-order valence-corrected chi connectivity index (χ2v) is 8.54. The second-order valence-electron chi connectivity index (χ2n) is 6.63. The zero-order chi connectivity index (χ0) is 23.2. The van der Waals surface area contributed by atoms with Crippen molar-refractivity contribution in [2.75, 3.05) is 34.4 Å². The zero-order valence-electron chi connectivity index (χ0n) is 18.1. The van der Waals surface area contributed by atoms with E-state index in [4.69, 9.17) is 14.2 Å². The lowest BCUT2D eigenvalue weighted by Gasteiger charge is -2.23. The molecule has 31 heavy (non-hydrogen) atoms. The van der Waals surface area contributed by atoms with E-state index >= 15 is 0 Å². The van der Waals surface area contributed by atoms with Crippen LogP contribution in [0.15, 0.2) is 41.3 Å². The first-order valence-electron chi connectivity index (χ1n) is 9.52. The van der Waals surface area contributed by atoms with Crippen LogP contribution in [0.1, 0.15) is 25.5 Å². The minimum atomic E-state index is -4.16. The number of halogens is 1. The van der Waals surface area contributed by atoms with Crippen LogP contribution in [0.4, 0.5) is 4.39 Å². The average Bonchev–Trinajstić information content (AvgIpc) is 2.76. The number of rotatable bonds is 10. The monoisotopic (exact) mass is 454 g/mol. The van der Waals surface area contributed by atoms with Gasteiger partial charge in [-0.1, -0.05) is 13.0 Å². The fraction of sp³-hybridized carbons (Fsp3) is 0.381. The normalized spacial score (nSPS) is 12.4. The summed E-state index contributed by atoms with van der Waals surface area (Å²) in [5.41, 5.74) is 0.753. The standard InChI is InChI=1S/C21H27FN2O6S/c1-6-24(31(26,27)20-12-16(22)8-10-18(20)29-4)13-21(25)23-14(2)15-7-9-17(28-3)19(11-15)30-5/h7-12,14H,6,13H2,1-5H3,(H,23,25)/t14-/m1/s1. The lowest BCUT2D eigenvalue weighted by molar-refractivity contribution is -0.121. The van der Waals surface area contributed by atoms with Gasteiger partial charge in [0, 0.05) is 6.54 Å². The molecule has 170 valence electrons. The van der Waals surface area contributed by atoms with Crippen LogP contribution < -0.4 is 19.5 Å². The van der Waals surface area contributed by atoms with Crippen molar-refractivity contribution in [1.82, 2.24) is 9.62 Å². The number of nitrogens with zero attached hydrogens (tertiary/aromatic N) is 1. The molecule has 0 radical (unpaired) electrons. The van der Waals surface area contributed by atoms with E-state index in [2.05, 4.69) is 5.32 Å². The van der Waals surface area contributed by atoms with Gasteiger partial charge < -0.3 is 19.5 Å². The summed E-state index contributed by atoms with van der Waals surface area (Å²) in [7, 11) is 0.165. The number of hydrogen-bond donors (Lipinski definition) is 1. The smallest absolute Gasteiger partial charge is 0.247 e. The third-order valence-corrected chi connectivity index (χ3v) is 6.64. The number of sulfonamides is 1. The highest BCUT2D eigenvalue weighted by atomic mass is 32.2. The van der Waals surface area contributed by atoms with Gasteiger partial charge >= 0.3 is 0 Å². The molecule has 1 amide bonds. The fourth-order valence-electron chi connectivity index (χ4n) is 3.01. The number of ether oxygens (including phenoxy) is 3. The SMILES string of the molecule is CCN(CC(=O)N[C@H](C)c1ccc(OC)c(OC)c1)S(=O)(=O)c1cc(F)ccc1OC. The van der Waals surface area contributed by atoms with Gasteiger partial charge in [-0.15, -0.1) is 0 Å². The summed E-state index contributed by atoms with van der Waals surface area (Å²) >= 11 is 0. The number of amides is 1. The Hall–Kier alpha value is -2.85. The van der Waals surface area contributed by atoms with Gasteiger partial charge in [-0.3, -0.25) is 4.79 Å². The molecular formula is C21H27FN2O6S. The van der Waals surface area contributed by atoms with Gasteiger partial charge in [0.25, 0.3) is 0 Å². The van der Waals surface area contributed by atoms with Crippen molar-refractivity contribution >= 4 is 15.9 Å². The van der Waals surface area contributed by atoms with Crippen molar-refractivity contribution in [3.8, 4) is 17.2 Å². The van der Waals surface area contributed by atoms with E-state index in [1.807, 2.05) is 0 Å². The molecule has 1 atom stereocenters. The van der Waals surface area contributed by atoms with Gasteiger partial charge in [0.05, 0.1) is 33.9 Å². The Kier molecular flexibility index (Phi) is 8.23. The zero-order valence-corrected chi connectivity index (χ0v) is 19.0. The maximum Gasteiger partial charge on any atom is 0.247 e. The predicted molar refractivity (Wildman–Crippen MR) is 113 cm³/mol. The molecule has 0 bridgehead atoms. The van der Waals surface area contributed by atoms with E-state index in [1.165, 1.54) is 27.4 Å². The highest BCUT2D eigenvalue weighted by molar-refractivity contribution is 7.89. The first-order valence-corrected chi connectivity index (χ1v) is 11.0. The van der Waals surface area contributed by atoms with Crippen molar-refractivity contribution in [2.24, 2.45) is 0 Å². The molecule has 0 saturated carbocycles. The minimum absolute atomic E-state index is 0.000968. The van der Waals surface area contributed by atoms with Crippen molar-refractivity contribution in [2.45, 2.75) is 24.8 Å². The van der Waals surface area contributed by atoms with Gasteiger partial charge in [0.15, 0.2) is 11.5 Å². The predicted octanol–water partition coefficient (Wildman–Crippen LogP) is 2.74. The quantitative estimate of drug-likeness (QED) is 0.593. The molecule has 1 N–H and O–H groups in total. The van der Waals surface area contributed by atoms with Gasteiger partial charge in [0.2, 0.25) is 15.9 Å². The molecule has 8 nitrogen and oxygen atoms in total. The Morgan fingerprint density at radius 3 is 2.23 bits per heavy atom. The number of carbonyl (C=O) groups is 1. The molecule has 0 spiro atoms. The molecule has 0 aliphatic rings. The first-order chi connectivity index (χ1) is 14.7. The molecule has 0 aliphatic carbocycles. The Bertz CT molecular complexity index is 1030. The number of nitrogens with one attached hydrogen (secondary N) is 1. The Morgan fingerprint density at radius 2 is 1.65 bits per heavy atom. The molecule has 2 aromatic carbocycles. The van der Waals surface area contributed by atoms with E-state index in [0.29, 0.717) is 11.5 Å². The third-order valence-electron chi connectivity index (χ3n) is 4.70. The molecule has 0 aromatic heterocycles. The molecule has 0 heterocycles. The van der Waals surface area contributed by atoms with Crippen molar-refractivity contribution < 1.29 is 31.8 Å². The molecular weight excluding hydrogens is 427 g/mol. The van der Waals surface area contributed by atoms with E-state index in [9.17, 15) is 17.6 Å². The molecule has 2 rings (SSSR count). The lowest BCUT2D eigenvalue weighted by atomic mass is 10.1. The average molecular weight is 455 g/mol. The van der Waals surface area contributed by atoms with Crippen LogP contribution in [0.25, 0.3) is 0 Å². The summed E-state index contributed by atoms with van der Waals surface area (Å²) in [6, 6.07) is 8.02. The van der Waals surface area contributed by atoms with E-state index in [1.54, 1.807) is 32.0 Å². The topological polar surface area (TPSA) is 94.2 Å². The molecule has 0 aliphatic heterocycles. The summed E-state index contributed by atoms with van der Waals surface area (Å²) in [4.78, 5) is 12.3. The molecule has 2 aromatic rings. The number of likely N-dealkylation sites (N-methyl/N-ethyl adjacent to an activating group) is 1. The van der Waals surface area contributed by atoms with Gasteiger partial charge in [-0.05, 0) is 42.8 Å². The maximum atomic E-state index is 13.7. The number of benzene rings is 2. The minimum Gasteiger partial charge on any atom is -0.495 e. The summed E-state index contributed by atoms with van der Waals surface area (Å²) < 4.78 is 56.2. The first kappa shape index (κ1) is 24.4. The summed E-state index contributed by atoms with van der Waals surface area (Å²) in [5, 5.41) is 2.77. The Labute approximate surface area is 182 Å². The highest BCUT2D eigenvalue weighted by Crippen LogP contribution is 2.30. The molecule has 0 unspecified atom stereocenters. The highest BCUT2D eigenvalue weighted by Gasteiger charge is 2.29. The van der Waals surface area contributed by atoms with Crippen LogP contribution in [0.5, 0.6) is 17.2 Å². The van der Waals surface area contributed by atoms with Crippen LogP contribution in [0.2, 0.25) is 0 Å². The number of hydrogen-bond acceptors (Lipinski definition) is 6. The van der Waals surface area contributed by atoms with Gasteiger partial charge in [0.1, 0.15) is 16.5 Å². The number of methoxy groups -OCH3 is 3. The van der Waals surface area contributed by atoms with Crippen LogP contribution in [0.3, 0.4) is 0 Å². The van der Waals surface area contributed by atoms with Crippen LogP contribution in [0, 0.1) is 5.82 Å². The molecule has 10 heteroatoms. The van der Waals surface area contributed by atoms with Gasteiger partial charge in [-0.2, -0.15) is 4.31 Å². The molecule has 0 fully saturated rings. The van der Waals surface area contributed by atoms with Crippen LogP contribution >= 0.6 is 0 Å². The van der Waals surface area contributed by atoms with Crippen LogP contribution in [-0.4, -0.2) is 53.0 Å². The van der Waals surface area contributed by atoms with Gasteiger partial charge in [-0.25, -0.2) is 12.8 Å². The maximum absolute atomic E-state index is 13.7. The van der Waals surface area contributed by atoms with E-state index < -0.39 is 34.3 Å². The molecule has 0 saturated heterocycles. The second kappa shape index (κ2) is 10.5. The van der Waals surface area contributed by atoms with Crippen molar-refractivity contribution in [1.29, 1.82) is 0 Å². The van der Waals surface area contributed by atoms with E-state index in [0.717, 1.165) is 22.0 Å². The van der Waals surface area contributed by atoms with Crippen molar-refractivity contribution in [3.63, 3.8) is 0 Å². The summed E-state index contributed by atoms with van der Waals surface area (Å²) in [6.45, 7) is 2.93. The van der Waals surface area contributed by atoms with E-state index in [-0.39, 0.29) is 17.2 Å². The summed E-state index contributed by atoms with van der Waals surface area (Å²) in [5.74, 6) is -0.168. The Balaban J connectivity index is 2.19. The van der Waals surface area contributed by atoms with Crippen LogP contribution in [-0.2, 0) is 14.8 Å². The van der Waals surface area contributed by atoms with Crippen molar-refractivity contribution in [3.05, 3.63) is 47.8 Å². The lowest BCUT2D eigenvalue weighted by Crippen LogP contribution is -2.41. The summed E-state index contributed by atoms with van der Waals surface area (Å²) in [6.07, 6.45) is 0. The number of carbonyl (C=O) groups excluding carboxylic acids is 1. The fourth-order valence-corrected chi connectivity index (χ4v) is 4.58.